The number of piperazine rings is 1. The molecule has 1 saturated carbocycles. The molecule has 9 nitrogen and oxygen atoms in total. The number of nitrogens with zero attached hydrogens (tertiary/aromatic N) is 9. The molecule has 3 saturated heterocycles. The first-order valence-electron chi connectivity index (χ1n) is 14.4. The molecular weight excluding hydrogens is 522 g/mol. The fourth-order valence-electron chi connectivity index (χ4n) is 6.88. The van der Waals surface area contributed by atoms with Crippen LogP contribution in [0.4, 0.5) is 5.82 Å². The normalized spacial score (nSPS) is 20.6. The molecule has 0 amide bonds. The van der Waals surface area contributed by atoms with Crippen LogP contribution in [0.15, 0.2) is 67.5 Å². The number of terminal acetylenes is 1. The Bertz CT molecular complexity index is 1870. The van der Waals surface area contributed by atoms with E-state index >= 15 is 0 Å². The van der Waals surface area contributed by atoms with Crippen LogP contribution in [0, 0.1) is 29.6 Å². The van der Waals surface area contributed by atoms with Crippen LogP contribution in [-0.2, 0) is 7.05 Å². The number of aromatic nitrogens is 6. The summed E-state index contributed by atoms with van der Waals surface area (Å²) in [6, 6.07) is 14.1. The number of aryl methyl sites for hydroxylation is 1. The number of nitriles is 1. The molecule has 9 heteroatoms. The molecule has 3 aliphatic heterocycles. The van der Waals surface area contributed by atoms with Gasteiger partial charge in [0.05, 0.1) is 35.2 Å². The Morgan fingerprint density at radius 1 is 0.929 bits per heavy atom. The third-order valence-corrected chi connectivity index (χ3v) is 9.05. The van der Waals surface area contributed by atoms with Crippen LogP contribution in [0.5, 0.6) is 0 Å². The van der Waals surface area contributed by atoms with Gasteiger partial charge in [0.1, 0.15) is 11.9 Å². The molecule has 5 aromatic heterocycles. The highest BCUT2D eigenvalue weighted by molar-refractivity contribution is 5.87. The minimum atomic E-state index is 0.373. The summed E-state index contributed by atoms with van der Waals surface area (Å²) >= 11 is 0. The molecule has 1 aliphatic carbocycles. The molecule has 42 heavy (non-hydrogen) atoms. The lowest BCUT2D eigenvalue weighted by Crippen LogP contribution is -2.69. The topological polar surface area (TPSA) is 91.2 Å². The molecule has 0 N–H and O–H groups in total. The van der Waals surface area contributed by atoms with Crippen molar-refractivity contribution < 1.29 is 0 Å². The second-order valence-corrected chi connectivity index (χ2v) is 11.7. The number of piperidine rings is 1. The van der Waals surface area contributed by atoms with Crippen molar-refractivity contribution in [3.8, 4) is 40.7 Å². The minimum absolute atomic E-state index is 0.373. The Balaban J connectivity index is 1.06. The van der Waals surface area contributed by atoms with Crippen molar-refractivity contribution in [3.63, 3.8) is 0 Å². The predicted octanol–water partition coefficient (Wildman–Crippen LogP) is 4.46. The van der Waals surface area contributed by atoms with Gasteiger partial charge in [-0.15, -0.1) is 6.42 Å². The molecule has 0 aromatic carbocycles. The lowest BCUT2D eigenvalue weighted by molar-refractivity contribution is -0.0490. The van der Waals surface area contributed by atoms with E-state index in [4.69, 9.17) is 16.4 Å². The molecule has 4 fully saturated rings. The summed E-state index contributed by atoms with van der Waals surface area (Å²) in [7, 11) is 1.90. The van der Waals surface area contributed by atoms with Gasteiger partial charge in [-0.2, -0.15) is 15.5 Å². The molecule has 3 unspecified atom stereocenters. The van der Waals surface area contributed by atoms with Crippen molar-refractivity contribution >= 4 is 11.3 Å². The van der Waals surface area contributed by atoms with Gasteiger partial charge in [-0.05, 0) is 55.5 Å². The van der Waals surface area contributed by atoms with Gasteiger partial charge in [0.15, 0.2) is 0 Å². The molecule has 0 spiro atoms. The van der Waals surface area contributed by atoms with Crippen LogP contribution >= 0.6 is 0 Å². The van der Waals surface area contributed by atoms with Gasteiger partial charge < -0.3 is 4.90 Å². The van der Waals surface area contributed by atoms with Gasteiger partial charge in [0, 0.05) is 84.8 Å². The van der Waals surface area contributed by atoms with Crippen molar-refractivity contribution in [2.45, 2.75) is 37.4 Å². The average molecular weight is 552 g/mol. The van der Waals surface area contributed by atoms with Crippen LogP contribution in [0.25, 0.3) is 27.8 Å². The smallest absolute Gasteiger partial charge is 0.128 e. The maximum Gasteiger partial charge on any atom is 0.128 e. The molecule has 9 rings (SSSR count). The minimum Gasteiger partial charge on any atom is -0.353 e. The van der Waals surface area contributed by atoms with Crippen molar-refractivity contribution in [2.24, 2.45) is 13.0 Å². The van der Waals surface area contributed by atoms with Crippen molar-refractivity contribution in [1.29, 1.82) is 5.26 Å². The second kappa shape index (κ2) is 9.54. The van der Waals surface area contributed by atoms with E-state index in [1.54, 1.807) is 15.4 Å². The Labute approximate surface area is 244 Å². The van der Waals surface area contributed by atoms with Gasteiger partial charge in [-0.3, -0.25) is 14.6 Å². The number of fused-ring (bicyclic) bond motifs is 3. The van der Waals surface area contributed by atoms with Crippen LogP contribution < -0.4 is 4.90 Å². The highest BCUT2D eigenvalue weighted by atomic mass is 15.4. The quantitative estimate of drug-likeness (QED) is 0.288. The molecule has 5 aromatic rings. The van der Waals surface area contributed by atoms with Crippen molar-refractivity contribution in [2.75, 3.05) is 18.0 Å². The molecule has 206 valence electrons. The third kappa shape index (κ3) is 4.05. The first-order valence-corrected chi connectivity index (χ1v) is 14.4. The van der Waals surface area contributed by atoms with Crippen molar-refractivity contribution in [1.82, 2.24) is 34.3 Å². The standard InChI is InChI=1S/C33H29N9/c1-3-21-4-8-30(35-13-21)33(22-5-6-22)42-27-11-28(42)20-40(19-27)31-9-7-23(14-36-31)29-10-24(26-16-37-39(2)17-26)18-41-32(29)25(12-34)15-38-41/h1,4,7-10,13-18,22,27-28,33H,5-6,11,19-20H2,2H3. The molecule has 3 atom stereocenters. The van der Waals surface area contributed by atoms with E-state index in [0.717, 1.165) is 57.9 Å². The zero-order chi connectivity index (χ0) is 28.4. The largest absolute Gasteiger partial charge is 0.353 e. The number of anilines is 1. The van der Waals surface area contributed by atoms with Gasteiger partial charge in [0.2, 0.25) is 0 Å². The fraction of sp³-hybridized carbons (Fsp3) is 0.303. The summed E-state index contributed by atoms with van der Waals surface area (Å²) in [4.78, 5) is 14.8. The van der Waals surface area contributed by atoms with E-state index < -0.39 is 0 Å². The summed E-state index contributed by atoms with van der Waals surface area (Å²) < 4.78 is 3.56. The first-order chi connectivity index (χ1) is 20.6. The summed E-state index contributed by atoms with van der Waals surface area (Å²) in [5.41, 5.74) is 7.15. The maximum absolute atomic E-state index is 9.77. The Kier molecular flexibility index (Phi) is 5.63. The zero-order valence-electron chi connectivity index (χ0n) is 23.3. The molecule has 8 heterocycles. The fourth-order valence-corrected chi connectivity index (χ4v) is 6.88. The van der Waals surface area contributed by atoms with Gasteiger partial charge >= 0.3 is 0 Å². The lowest BCUT2D eigenvalue weighted by Gasteiger charge is -2.59. The predicted molar refractivity (Wildman–Crippen MR) is 159 cm³/mol. The first kappa shape index (κ1) is 24.8. The Morgan fingerprint density at radius 2 is 1.79 bits per heavy atom. The number of rotatable bonds is 6. The number of pyridine rings is 3. The van der Waals surface area contributed by atoms with E-state index in [0.29, 0.717) is 29.6 Å². The molecule has 2 bridgehead atoms. The average Bonchev–Trinajstić information content (AvgIpc) is 3.64. The van der Waals surface area contributed by atoms with E-state index in [1.807, 2.05) is 44.1 Å². The summed E-state index contributed by atoms with van der Waals surface area (Å²) in [5, 5.41) is 18.6. The monoisotopic (exact) mass is 551 g/mol. The van der Waals surface area contributed by atoms with Crippen LogP contribution in [-0.4, -0.2) is 59.4 Å². The van der Waals surface area contributed by atoms with Crippen LogP contribution in [0.2, 0.25) is 0 Å². The summed E-state index contributed by atoms with van der Waals surface area (Å²) in [5.74, 6) is 4.36. The van der Waals surface area contributed by atoms with Gasteiger partial charge in [-0.25, -0.2) is 9.50 Å². The molecular formula is C33H29N9. The van der Waals surface area contributed by atoms with Crippen LogP contribution in [0.1, 0.15) is 42.1 Å². The van der Waals surface area contributed by atoms with Crippen molar-refractivity contribution in [3.05, 3.63) is 84.3 Å². The zero-order valence-corrected chi connectivity index (χ0v) is 23.3. The van der Waals surface area contributed by atoms with E-state index in [9.17, 15) is 5.26 Å². The maximum atomic E-state index is 9.77. The Morgan fingerprint density at radius 3 is 2.43 bits per heavy atom. The van der Waals surface area contributed by atoms with Crippen LogP contribution in [0.3, 0.4) is 0 Å². The lowest BCUT2D eigenvalue weighted by atomic mass is 9.83. The van der Waals surface area contributed by atoms with E-state index in [-0.39, 0.29) is 0 Å². The number of hydrogen-bond donors (Lipinski definition) is 0. The third-order valence-electron chi connectivity index (χ3n) is 9.05. The number of hydrogen-bond acceptors (Lipinski definition) is 7. The Hall–Kier alpha value is -4.99. The SMILES string of the molecule is C#Cc1ccc(C(C2CC2)N2C3CC2CN(c2ccc(-c4cc(-c5cnn(C)c5)cn5ncc(C#N)c45)cn2)C3)nc1. The second-order valence-electron chi connectivity index (χ2n) is 11.7. The molecule has 4 aliphatic rings. The van der Waals surface area contributed by atoms with Gasteiger partial charge in [0.25, 0.3) is 0 Å². The van der Waals surface area contributed by atoms with E-state index in [2.05, 4.69) is 56.3 Å². The van der Waals surface area contributed by atoms with E-state index in [1.165, 1.54) is 19.3 Å². The molecule has 0 radical (unpaired) electrons. The highest BCUT2D eigenvalue weighted by Crippen LogP contribution is 2.50. The summed E-state index contributed by atoms with van der Waals surface area (Å²) in [6.45, 7) is 1.91. The van der Waals surface area contributed by atoms with Gasteiger partial charge in [-0.1, -0.05) is 5.92 Å². The highest BCUT2D eigenvalue weighted by Gasteiger charge is 2.52. The summed E-state index contributed by atoms with van der Waals surface area (Å²) in [6.07, 6.45) is 20.5.